The van der Waals surface area contributed by atoms with Crippen LogP contribution in [0.5, 0.6) is 0 Å². The molecule has 1 amide bonds. The average molecular weight is 315 g/mol. The van der Waals surface area contributed by atoms with Crippen LogP contribution in [0.4, 0.5) is 5.69 Å². The molecule has 0 atom stereocenters. The number of rotatable bonds is 7. The molecule has 2 N–H and O–H groups in total. The average Bonchev–Trinajstić information content (AvgIpc) is 2.49. The molecule has 0 aromatic heterocycles. The van der Waals surface area contributed by atoms with Crippen LogP contribution in [0.1, 0.15) is 37.0 Å². The first-order valence-corrected chi connectivity index (χ1v) is 8.42. The van der Waals surface area contributed by atoms with E-state index in [2.05, 4.69) is 30.7 Å². The van der Waals surface area contributed by atoms with Crippen LogP contribution in [0, 0.1) is 0 Å². The highest BCUT2D eigenvalue weighted by atomic mass is 35.5. The summed E-state index contributed by atoms with van der Waals surface area (Å²) in [5, 5.41) is 6.62. The van der Waals surface area contributed by atoms with Gasteiger partial charge in [-0.3, -0.25) is 4.79 Å². The molecule has 3 nitrogen and oxygen atoms in total. The number of carbonyl (C=O) groups excluding carboxylic acids is 1. The lowest BCUT2D eigenvalue weighted by Gasteiger charge is -2.30. The van der Waals surface area contributed by atoms with Crippen molar-refractivity contribution in [2.75, 3.05) is 25.2 Å². The SMILES string of the molecule is CCC(CC)(CNC(=O)c1cc(Cl)ccc1NC)SC. The van der Waals surface area contributed by atoms with Gasteiger partial charge in [0.05, 0.1) is 5.56 Å². The molecule has 0 unspecified atom stereocenters. The molecule has 0 fully saturated rings. The molecule has 1 aromatic carbocycles. The van der Waals surface area contributed by atoms with Crippen molar-refractivity contribution in [2.24, 2.45) is 0 Å². The third-order valence-corrected chi connectivity index (χ3v) is 5.61. The van der Waals surface area contributed by atoms with E-state index in [-0.39, 0.29) is 10.7 Å². The number of thioether (sulfide) groups is 1. The predicted octanol–water partition coefficient (Wildman–Crippen LogP) is 4.03. The Hall–Kier alpha value is -0.870. The third-order valence-electron chi connectivity index (χ3n) is 3.79. The topological polar surface area (TPSA) is 41.1 Å². The van der Waals surface area contributed by atoms with Crippen LogP contribution < -0.4 is 10.6 Å². The lowest BCUT2D eigenvalue weighted by molar-refractivity contribution is 0.0949. The number of carbonyl (C=O) groups is 1. The van der Waals surface area contributed by atoms with Gasteiger partial charge >= 0.3 is 0 Å². The zero-order valence-corrected chi connectivity index (χ0v) is 14.1. The highest BCUT2D eigenvalue weighted by Crippen LogP contribution is 2.29. The Morgan fingerprint density at radius 1 is 1.35 bits per heavy atom. The van der Waals surface area contributed by atoms with Gasteiger partial charge in [-0.05, 0) is 37.3 Å². The van der Waals surface area contributed by atoms with Gasteiger partial charge in [0.25, 0.3) is 5.91 Å². The van der Waals surface area contributed by atoms with E-state index in [1.54, 1.807) is 19.2 Å². The van der Waals surface area contributed by atoms with Crippen LogP contribution in [0.15, 0.2) is 18.2 Å². The molecule has 0 bridgehead atoms. The Morgan fingerprint density at radius 3 is 2.50 bits per heavy atom. The fourth-order valence-corrected chi connectivity index (χ4v) is 3.09. The minimum Gasteiger partial charge on any atom is -0.387 e. The summed E-state index contributed by atoms with van der Waals surface area (Å²) in [6.45, 7) is 4.98. The molecule has 0 saturated heterocycles. The van der Waals surface area contributed by atoms with Gasteiger partial charge in [0, 0.05) is 29.0 Å². The molecule has 0 aliphatic carbocycles. The summed E-state index contributed by atoms with van der Waals surface area (Å²) in [6.07, 6.45) is 4.15. The number of hydrogen-bond donors (Lipinski definition) is 2. The van der Waals surface area contributed by atoms with Gasteiger partial charge in [0.15, 0.2) is 0 Å². The van der Waals surface area contributed by atoms with Crippen LogP contribution in [-0.2, 0) is 0 Å². The van der Waals surface area contributed by atoms with Crippen LogP contribution in [0.25, 0.3) is 0 Å². The van der Waals surface area contributed by atoms with Crippen LogP contribution in [0.2, 0.25) is 5.02 Å². The smallest absolute Gasteiger partial charge is 0.253 e. The Bertz CT molecular complexity index is 453. The molecule has 20 heavy (non-hydrogen) atoms. The molecular weight excluding hydrogens is 292 g/mol. The molecule has 1 aromatic rings. The van der Waals surface area contributed by atoms with Gasteiger partial charge in [-0.2, -0.15) is 11.8 Å². The standard InChI is InChI=1S/C15H23ClN2OS/c1-5-15(6-2,20-4)10-18-14(19)12-9-11(16)7-8-13(12)17-3/h7-9,17H,5-6,10H2,1-4H3,(H,18,19). The number of hydrogen-bond acceptors (Lipinski definition) is 3. The molecular formula is C15H23ClN2OS. The number of amides is 1. The minimum atomic E-state index is -0.0859. The molecule has 5 heteroatoms. The van der Waals surface area contributed by atoms with E-state index in [0.717, 1.165) is 18.5 Å². The molecule has 0 aliphatic rings. The summed E-state index contributed by atoms with van der Waals surface area (Å²) in [7, 11) is 1.80. The van der Waals surface area contributed by atoms with E-state index >= 15 is 0 Å². The first-order valence-electron chi connectivity index (χ1n) is 6.82. The second-order valence-corrected chi connectivity index (χ2v) is 6.43. The highest BCUT2D eigenvalue weighted by molar-refractivity contribution is 8.00. The lowest BCUT2D eigenvalue weighted by Crippen LogP contribution is -2.39. The Balaban J connectivity index is 2.84. The number of anilines is 1. The van der Waals surface area contributed by atoms with E-state index in [1.165, 1.54) is 0 Å². The zero-order valence-electron chi connectivity index (χ0n) is 12.5. The maximum absolute atomic E-state index is 12.4. The normalized spacial score (nSPS) is 11.2. The Kier molecular flexibility index (Phi) is 6.69. The lowest BCUT2D eigenvalue weighted by atomic mass is 10.0. The summed E-state index contributed by atoms with van der Waals surface area (Å²) in [6, 6.07) is 5.29. The first-order chi connectivity index (χ1) is 9.51. The quantitative estimate of drug-likeness (QED) is 0.798. The summed E-state index contributed by atoms with van der Waals surface area (Å²) < 4.78 is 0.105. The van der Waals surface area contributed by atoms with E-state index in [4.69, 9.17) is 11.6 Å². The number of nitrogens with one attached hydrogen (secondary N) is 2. The molecule has 0 radical (unpaired) electrons. The van der Waals surface area contributed by atoms with Gasteiger partial charge in [-0.25, -0.2) is 0 Å². The van der Waals surface area contributed by atoms with Crippen molar-refractivity contribution in [3.63, 3.8) is 0 Å². The van der Waals surface area contributed by atoms with Gasteiger partial charge < -0.3 is 10.6 Å². The molecule has 0 spiro atoms. The van der Waals surface area contributed by atoms with Gasteiger partial charge in [-0.1, -0.05) is 25.4 Å². The van der Waals surface area contributed by atoms with E-state index < -0.39 is 0 Å². The van der Waals surface area contributed by atoms with Crippen LogP contribution in [-0.4, -0.2) is 30.5 Å². The number of benzene rings is 1. The maximum atomic E-state index is 12.4. The zero-order chi connectivity index (χ0) is 15.2. The van der Waals surface area contributed by atoms with Crippen molar-refractivity contribution in [3.05, 3.63) is 28.8 Å². The first kappa shape index (κ1) is 17.2. The van der Waals surface area contributed by atoms with E-state index in [0.29, 0.717) is 17.1 Å². The molecule has 1 rings (SSSR count). The second-order valence-electron chi connectivity index (χ2n) is 4.72. The fraction of sp³-hybridized carbons (Fsp3) is 0.533. The Labute approximate surface area is 130 Å². The van der Waals surface area contributed by atoms with Gasteiger partial charge in [-0.15, -0.1) is 0 Å². The van der Waals surface area contributed by atoms with Crippen molar-refractivity contribution in [1.29, 1.82) is 0 Å². The largest absolute Gasteiger partial charge is 0.387 e. The van der Waals surface area contributed by atoms with Crippen molar-refractivity contribution < 1.29 is 4.79 Å². The van der Waals surface area contributed by atoms with Crippen molar-refractivity contribution >= 4 is 35.0 Å². The maximum Gasteiger partial charge on any atom is 0.253 e. The second kappa shape index (κ2) is 7.79. The van der Waals surface area contributed by atoms with Crippen molar-refractivity contribution in [1.82, 2.24) is 5.32 Å². The van der Waals surface area contributed by atoms with Gasteiger partial charge in [0.1, 0.15) is 0 Å². The summed E-state index contributed by atoms with van der Waals surface area (Å²) in [4.78, 5) is 12.4. The monoisotopic (exact) mass is 314 g/mol. The number of halogens is 1. The minimum absolute atomic E-state index is 0.0859. The van der Waals surface area contributed by atoms with E-state index in [1.807, 2.05) is 17.8 Å². The molecule has 0 saturated carbocycles. The third kappa shape index (κ3) is 4.06. The van der Waals surface area contributed by atoms with Crippen molar-refractivity contribution in [3.8, 4) is 0 Å². The summed E-state index contributed by atoms with van der Waals surface area (Å²) >= 11 is 7.79. The Morgan fingerprint density at radius 2 is 2.00 bits per heavy atom. The molecule has 0 aliphatic heterocycles. The molecule has 0 heterocycles. The summed E-state index contributed by atoms with van der Waals surface area (Å²) in [5.41, 5.74) is 1.37. The molecule has 112 valence electrons. The van der Waals surface area contributed by atoms with Crippen LogP contribution >= 0.6 is 23.4 Å². The highest BCUT2D eigenvalue weighted by Gasteiger charge is 2.26. The van der Waals surface area contributed by atoms with Gasteiger partial charge in [0.2, 0.25) is 0 Å². The van der Waals surface area contributed by atoms with Crippen LogP contribution in [0.3, 0.4) is 0 Å². The predicted molar refractivity (Wildman–Crippen MR) is 90.2 cm³/mol. The summed E-state index contributed by atoms with van der Waals surface area (Å²) in [5.74, 6) is -0.0859. The van der Waals surface area contributed by atoms with E-state index in [9.17, 15) is 4.79 Å². The fourth-order valence-electron chi connectivity index (χ4n) is 2.12. The van der Waals surface area contributed by atoms with Crippen molar-refractivity contribution in [2.45, 2.75) is 31.4 Å².